The SMILES string of the molecule is OC[C@H](O)[C@H]1OC(O)[C@H](O)[C@@H](O)[C@@H]1O. The van der Waals surface area contributed by atoms with Crippen molar-refractivity contribution in [1.82, 2.24) is 0 Å². The monoisotopic (exact) mass is 210 g/mol. The van der Waals surface area contributed by atoms with E-state index in [1.54, 1.807) is 0 Å². The van der Waals surface area contributed by atoms with Gasteiger partial charge in [0.1, 0.15) is 30.5 Å². The van der Waals surface area contributed by atoms with Gasteiger partial charge < -0.3 is 35.4 Å². The van der Waals surface area contributed by atoms with E-state index in [4.69, 9.17) is 20.4 Å². The van der Waals surface area contributed by atoms with Crippen molar-refractivity contribution in [3.63, 3.8) is 0 Å². The van der Waals surface area contributed by atoms with E-state index in [2.05, 4.69) is 4.74 Å². The largest absolute Gasteiger partial charge is 0.394 e. The summed E-state index contributed by atoms with van der Waals surface area (Å²) >= 11 is 0. The number of hydrogen-bond donors (Lipinski definition) is 6. The van der Waals surface area contributed by atoms with E-state index < -0.39 is 43.4 Å². The molecule has 14 heavy (non-hydrogen) atoms. The summed E-state index contributed by atoms with van der Waals surface area (Å²) in [6.45, 7) is -0.683. The molecule has 0 spiro atoms. The van der Waals surface area contributed by atoms with Crippen LogP contribution in [0.3, 0.4) is 0 Å². The zero-order chi connectivity index (χ0) is 10.9. The van der Waals surface area contributed by atoms with Crippen molar-refractivity contribution in [2.45, 2.75) is 36.8 Å². The van der Waals surface area contributed by atoms with Crippen molar-refractivity contribution in [2.24, 2.45) is 0 Å². The molecule has 0 aliphatic carbocycles. The lowest BCUT2D eigenvalue weighted by molar-refractivity contribution is -0.298. The Hall–Kier alpha value is -0.280. The average Bonchev–Trinajstić information content (AvgIpc) is 2.19. The second-order valence-electron chi connectivity index (χ2n) is 3.21. The Bertz CT molecular complexity index is 187. The normalized spacial score (nSPS) is 46.3. The standard InChI is InChI=1S/C7H14O7/c8-1-2(9)6-4(11)3(10)5(12)7(13)14-6/h2-13H,1H2/t2-,3-,4-,5+,6+,7?/m0/s1. The van der Waals surface area contributed by atoms with E-state index in [0.29, 0.717) is 0 Å². The topological polar surface area (TPSA) is 131 Å². The molecule has 0 saturated carbocycles. The summed E-state index contributed by atoms with van der Waals surface area (Å²) in [6, 6.07) is 0. The van der Waals surface area contributed by atoms with E-state index in [1.165, 1.54) is 0 Å². The van der Waals surface area contributed by atoms with E-state index in [0.717, 1.165) is 0 Å². The van der Waals surface area contributed by atoms with Gasteiger partial charge in [0, 0.05) is 0 Å². The summed E-state index contributed by atoms with van der Waals surface area (Å²) in [5.41, 5.74) is 0. The number of ether oxygens (including phenoxy) is 1. The fourth-order valence-electron chi connectivity index (χ4n) is 1.31. The quantitative estimate of drug-likeness (QED) is 0.275. The van der Waals surface area contributed by atoms with Gasteiger partial charge in [-0.15, -0.1) is 0 Å². The summed E-state index contributed by atoms with van der Waals surface area (Å²) in [4.78, 5) is 0. The Labute approximate surface area is 79.8 Å². The zero-order valence-electron chi connectivity index (χ0n) is 7.26. The molecule has 7 heteroatoms. The van der Waals surface area contributed by atoms with Gasteiger partial charge in [0.05, 0.1) is 6.61 Å². The minimum Gasteiger partial charge on any atom is -0.394 e. The predicted octanol–water partition coefficient (Wildman–Crippen LogP) is -3.86. The molecule has 7 nitrogen and oxygen atoms in total. The summed E-state index contributed by atoms with van der Waals surface area (Å²) < 4.78 is 4.62. The van der Waals surface area contributed by atoms with Gasteiger partial charge in [-0.3, -0.25) is 0 Å². The fourth-order valence-corrected chi connectivity index (χ4v) is 1.31. The van der Waals surface area contributed by atoms with Crippen LogP contribution in [-0.4, -0.2) is 74.1 Å². The molecular formula is C7H14O7. The van der Waals surface area contributed by atoms with Gasteiger partial charge >= 0.3 is 0 Å². The average molecular weight is 210 g/mol. The molecule has 1 saturated heterocycles. The third kappa shape index (κ3) is 2.04. The molecule has 0 amide bonds. The molecule has 1 heterocycles. The van der Waals surface area contributed by atoms with Gasteiger partial charge in [-0.2, -0.15) is 0 Å². The first-order valence-electron chi connectivity index (χ1n) is 4.15. The maximum absolute atomic E-state index is 9.31. The van der Waals surface area contributed by atoms with Gasteiger partial charge in [-0.05, 0) is 0 Å². The first-order valence-corrected chi connectivity index (χ1v) is 4.15. The second-order valence-corrected chi connectivity index (χ2v) is 3.21. The van der Waals surface area contributed by atoms with E-state index in [9.17, 15) is 10.2 Å². The highest BCUT2D eigenvalue weighted by Gasteiger charge is 2.45. The number of aliphatic hydroxyl groups is 6. The molecule has 0 radical (unpaired) electrons. The Morgan fingerprint density at radius 3 is 2.07 bits per heavy atom. The van der Waals surface area contributed by atoms with Crippen LogP contribution in [0.1, 0.15) is 0 Å². The van der Waals surface area contributed by atoms with Gasteiger partial charge in [-0.25, -0.2) is 0 Å². The van der Waals surface area contributed by atoms with Crippen molar-refractivity contribution in [3.8, 4) is 0 Å². The van der Waals surface area contributed by atoms with Crippen LogP contribution in [0.5, 0.6) is 0 Å². The molecule has 6 N–H and O–H groups in total. The van der Waals surface area contributed by atoms with Crippen LogP contribution in [0.15, 0.2) is 0 Å². The predicted molar refractivity (Wildman–Crippen MR) is 42.0 cm³/mol. The smallest absolute Gasteiger partial charge is 0.184 e. The Morgan fingerprint density at radius 2 is 1.57 bits per heavy atom. The Balaban J connectivity index is 2.70. The lowest BCUT2D eigenvalue weighted by Gasteiger charge is -2.39. The van der Waals surface area contributed by atoms with Crippen LogP contribution >= 0.6 is 0 Å². The third-order valence-corrected chi connectivity index (χ3v) is 2.19. The summed E-state index contributed by atoms with van der Waals surface area (Å²) in [5, 5.41) is 54.3. The first kappa shape index (κ1) is 11.8. The number of rotatable bonds is 2. The maximum atomic E-state index is 9.31. The summed E-state index contributed by atoms with van der Waals surface area (Å²) in [5.74, 6) is 0. The molecule has 6 atom stereocenters. The molecule has 84 valence electrons. The highest BCUT2D eigenvalue weighted by Crippen LogP contribution is 2.21. The second kappa shape index (κ2) is 4.49. The summed E-state index contributed by atoms with van der Waals surface area (Å²) in [6.07, 6.45) is -9.26. The maximum Gasteiger partial charge on any atom is 0.184 e. The van der Waals surface area contributed by atoms with Crippen molar-refractivity contribution < 1.29 is 35.4 Å². The van der Waals surface area contributed by atoms with Crippen molar-refractivity contribution >= 4 is 0 Å². The molecule has 0 aromatic rings. The minimum atomic E-state index is -1.69. The van der Waals surface area contributed by atoms with E-state index in [-0.39, 0.29) is 0 Å². The van der Waals surface area contributed by atoms with Gasteiger partial charge in [0.15, 0.2) is 6.29 Å². The van der Waals surface area contributed by atoms with Crippen LogP contribution in [0, 0.1) is 0 Å². The highest BCUT2D eigenvalue weighted by molar-refractivity contribution is 4.91. The van der Waals surface area contributed by atoms with Crippen molar-refractivity contribution in [1.29, 1.82) is 0 Å². The van der Waals surface area contributed by atoms with Gasteiger partial charge in [0.25, 0.3) is 0 Å². The van der Waals surface area contributed by atoms with Crippen LogP contribution < -0.4 is 0 Å². The Kier molecular flexibility index (Phi) is 3.78. The Morgan fingerprint density at radius 1 is 1.00 bits per heavy atom. The van der Waals surface area contributed by atoms with Crippen molar-refractivity contribution in [3.05, 3.63) is 0 Å². The molecule has 1 aliphatic heterocycles. The zero-order valence-corrected chi connectivity index (χ0v) is 7.26. The molecule has 1 rings (SSSR count). The number of aliphatic hydroxyl groups excluding tert-OH is 6. The molecule has 1 aliphatic rings. The molecule has 0 bridgehead atoms. The van der Waals surface area contributed by atoms with Crippen LogP contribution in [-0.2, 0) is 4.74 Å². The lowest BCUT2D eigenvalue weighted by atomic mass is 9.96. The van der Waals surface area contributed by atoms with Gasteiger partial charge in [-0.1, -0.05) is 0 Å². The van der Waals surface area contributed by atoms with E-state index >= 15 is 0 Å². The fraction of sp³-hybridized carbons (Fsp3) is 1.00. The van der Waals surface area contributed by atoms with E-state index in [1.807, 2.05) is 0 Å². The third-order valence-electron chi connectivity index (χ3n) is 2.19. The number of hydrogen-bond acceptors (Lipinski definition) is 7. The highest BCUT2D eigenvalue weighted by atomic mass is 16.6. The molecule has 1 fully saturated rings. The molecule has 0 aromatic carbocycles. The molecule has 1 unspecified atom stereocenters. The summed E-state index contributed by atoms with van der Waals surface area (Å²) in [7, 11) is 0. The van der Waals surface area contributed by atoms with Crippen LogP contribution in [0.2, 0.25) is 0 Å². The van der Waals surface area contributed by atoms with Gasteiger partial charge in [0.2, 0.25) is 0 Å². The first-order chi connectivity index (χ1) is 6.49. The van der Waals surface area contributed by atoms with Crippen molar-refractivity contribution in [2.75, 3.05) is 6.61 Å². The van der Waals surface area contributed by atoms with Crippen LogP contribution in [0.4, 0.5) is 0 Å². The molecular weight excluding hydrogens is 196 g/mol. The van der Waals surface area contributed by atoms with Crippen LogP contribution in [0.25, 0.3) is 0 Å². The minimum absolute atomic E-state index is 0.683. The lowest BCUT2D eigenvalue weighted by Crippen LogP contribution is -2.61. The molecule has 0 aromatic heterocycles.